The number of anilines is 1. The summed E-state index contributed by atoms with van der Waals surface area (Å²) < 4.78 is 15.4. The van der Waals surface area contributed by atoms with Crippen molar-refractivity contribution < 1.29 is 19.0 Å². The van der Waals surface area contributed by atoms with E-state index < -0.39 is 0 Å². The third-order valence-electron chi connectivity index (χ3n) is 2.35. The summed E-state index contributed by atoms with van der Waals surface area (Å²) in [6.07, 6.45) is -0.0245. The number of ether oxygens (including phenoxy) is 3. The number of nitrogens with two attached hydrogens (primary N) is 1. The van der Waals surface area contributed by atoms with Gasteiger partial charge in [-0.2, -0.15) is 0 Å². The van der Waals surface area contributed by atoms with Crippen LogP contribution in [0.5, 0.6) is 11.5 Å². The Kier molecular flexibility index (Phi) is 4.83. The Labute approximate surface area is 107 Å². The van der Waals surface area contributed by atoms with E-state index in [1.165, 1.54) is 14.2 Å². The molecule has 1 aromatic rings. The Hall–Kier alpha value is -1.91. The van der Waals surface area contributed by atoms with Gasteiger partial charge in [0.2, 0.25) is 0 Å². The molecule has 0 atom stereocenters. The average Bonchev–Trinajstić information content (AvgIpc) is 2.30. The summed E-state index contributed by atoms with van der Waals surface area (Å²) in [5, 5.41) is 0. The molecule has 1 aromatic carbocycles. The van der Waals surface area contributed by atoms with Crippen LogP contribution in [0, 0.1) is 0 Å². The number of hydrogen-bond acceptors (Lipinski definition) is 5. The number of carbonyl (C=O) groups is 1. The summed E-state index contributed by atoms with van der Waals surface area (Å²) in [7, 11) is 3.06. The third kappa shape index (κ3) is 3.55. The molecular weight excluding hydrogens is 234 g/mol. The molecule has 0 saturated carbocycles. The van der Waals surface area contributed by atoms with Gasteiger partial charge in [-0.3, -0.25) is 4.79 Å². The summed E-state index contributed by atoms with van der Waals surface area (Å²) in [5.74, 6) is 0.763. The van der Waals surface area contributed by atoms with E-state index in [0.717, 1.165) is 0 Å². The lowest BCUT2D eigenvalue weighted by Crippen LogP contribution is -2.14. The molecule has 1 rings (SSSR count). The predicted molar refractivity (Wildman–Crippen MR) is 68.9 cm³/mol. The van der Waals surface area contributed by atoms with Gasteiger partial charge in [0.15, 0.2) is 11.5 Å². The molecule has 0 heterocycles. The summed E-state index contributed by atoms with van der Waals surface area (Å²) in [6, 6.07) is 3.33. The lowest BCUT2D eigenvalue weighted by molar-refractivity contribution is -0.146. The maximum Gasteiger partial charge on any atom is 0.310 e. The fraction of sp³-hybridized carbons (Fsp3) is 0.462. The minimum atomic E-state index is -0.316. The molecule has 0 aromatic heterocycles. The number of benzene rings is 1. The van der Waals surface area contributed by atoms with Crippen molar-refractivity contribution in [2.24, 2.45) is 0 Å². The van der Waals surface area contributed by atoms with E-state index in [1.807, 2.05) is 0 Å². The van der Waals surface area contributed by atoms with Crippen molar-refractivity contribution in [3.05, 3.63) is 17.7 Å². The molecule has 0 spiro atoms. The van der Waals surface area contributed by atoms with Crippen molar-refractivity contribution in [2.45, 2.75) is 26.4 Å². The molecular formula is C13H19NO4. The van der Waals surface area contributed by atoms with E-state index in [4.69, 9.17) is 19.9 Å². The summed E-state index contributed by atoms with van der Waals surface area (Å²) in [5.41, 5.74) is 7.00. The quantitative estimate of drug-likeness (QED) is 0.639. The highest BCUT2D eigenvalue weighted by Gasteiger charge is 2.13. The number of esters is 1. The van der Waals surface area contributed by atoms with Crippen LogP contribution in [-0.2, 0) is 16.0 Å². The van der Waals surface area contributed by atoms with Crippen LogP contribution in [0.2, 0.25) is 0 Å². The molecule has 100 valence electrons. The van der Waals surface area contributed by atoms with Gasteiger partial charge in [0.05, 0.1) is 26.7 Å². The van der Waals surface area contributed by atoms with Gasteiger partial charge < -0.3 is 19.9 Å². The van der Waals surface area contributed by atoms with Crippen molar-refractivity contribution in [1.82, 2.24) is 0 Å². The highest BCUT2D eigenvalue weighted by atomic mass is 16.5. The minimum Gasteiger partial charge on any atom is -0.493 e. The SMILES string of the molecule is COc1cc(N)c(CC(=O)OC(C)C)cc1OC. The van der Waals surface area contributed by atoms with E-state index in [0.29, 0.717) is 22.7 Å². The lowest BCUT2D eigenvalue weighted by atomic mass is 10.1. The molecule has 0 radical (unpaired) electrons. The van der Waals surface area contributed by atoms with Crippen LogP contribution in [0.1, 0.15) is 19.4 Å². The first-order valence-corrected chi connectivity index (χ1v) is 5.67. The number of hydrogen-bond donors (Lipinski definition) is 1. The Balaban J connectivity index is 2.92. The Morgan fingerprint density at radius 2 is 1.78 bits per heavy atom. The van der Waals surface area contributed by atoms with E-state index in [1.54, 1.807) is 26.0 Å². The highest BCUT2D eigenvalue weighted by molar-refractivity contribution is 5.76. The molecule has 0 bridgehead atoms. The molecule has 5 heteroatoms. The molecule has 5 nitrogen and oxygen atoms in total. The zero-order valence-electron chi connectivity index (χ0n) is 11.1. The first kappa shape index (κ1) is 14.2. The molecule has 0 saturated heterocycles. The summed E-state index contributed by atoms with van der Waals surface area (Å²) in [4.78, 5) is 11.6. The summed E-state index contributed by atoms with van der Waals surface area (Å²) in [6.45, 7) is 3.60. The van der Waals surface area contributed by atoms with Crippen molar-refractivity contribution >= 4 is 11.7 Å². The van der Waals surface area contributed by atoms with Gasteiger partial charge in [0.25, 0.3) is 0 Å². The van der Waals surface area contributed by atoms with Crippen LogP contribution in [0.3, 0.4) is 0 Å². The topological polar surface area (TPSA) is 70.8 Å². The van der Waals surface area contributed by atoms with E-state index in [2.05, 4.69) is 0 Å². The second kappa shape index (κ2) is 6.14. The smallest absolute Gasteiger partial charge is 0.310 e. The van der Waals surface area contributed by atoms with Gasteiger partial charge in [-0.05, 0) is 25.5 Å². The summed E-state index contributed by atoms with van der Waals surface area (Å²) >= 11 is 0. The van der Waals surface area contributed by atoms with Crippen LogP contribution in [-0.4, -0.2) is 26.3 Å². The van der Waals surface area contributed by atoms with Crippen molar-refractivity contribution in [1.29, 1.82) is 0 Å². The fourth-order valence-corrected chi connectivity index (χ4v) is 1.55. The van der Waals surface area contributed by atoms with Crippen molar-refractivity contribution in [3.63, 3.8) is 0 Å². The largest absolute Gasteiger partial charge is 0.493 e. The van der Waals surface area contributed by atoms with E-state index in [-0.39, 0.29) is 18.5 Å². The normalized spacial score (nSPS) is 10.3. The van der Waals surface area contributed by atoms with Gasteiger partial charge in [-0.25, -0.2) is 0 Å². The molecule has 2 N–H and O–H groups in total. The molecule has 18 heavy (non-hydrogen) atoms. The molecule has 0 aliphatic heterocycles. The first-order chi connectivity index (χ1) is 8.47. The number of methoxy groups -OCH3 is 2. The van der Waals surface area contributed by atoms with Crippen molar-refractivity contribution in [3.8, 4) is 11.5 Å². The van der Waals surface area contributed by atoms with Crippen LogP contribution >= 0.6 is 0 Å². The Morgan fingerprint density at radius 1 is 1.22 bits per heavy atom. The number of nitrogen functional groups attached to an aromatic ring is 1. The first-order valence-electron chi connectivity index (χ1n) is 5.67. The zero-order chi connectivity index (χ0) is 13.7. The molecule has 0 aliphatic carbocycles. The van der Waals surface area contributed by atoms with Gasteiger partial charge in [0, 0.05) is 11.8 Å². The van der Waals surface area contributed by atoms with E-state index in [9.17, 15) is 4.79 Å². The molecule has 0 amide bonds. The predicted octanol–water partition coefficient (Wildman–Crippen LogP) is 1.78. The van der Waals surface area contributed by atoms with Gasteiger partial charge >= 0.3 is 5.97 Å². The Morgan fingerprint density at radius 3 is 2.28 bits per heavy atom. The van der Waals surface area contributed by atoms with Crippen LogP contribution < -0.4 is 15.2 Å². The monoisotopic (exact) mass is 253 g/mol. The van der Waals surface area contributed by atoms with Gasteiger partial charge in [-0.15, -0.1) is 0 Å². The molecule has 0 fully saturated rings. The number of carbonyl (C=O) groups excluding carboxylic acids is 1. The standard InChI is InChI=1S/C13H19NO4/c1-8(2)18-13(15)6-9-5-11(16-3)12(17-4)7-10(9)14/h5,7-8H,6,14H2,1-4H3. The highest BCUT2D eigenvalue weighted by Crippen LogP contribution is 2.32. The third-order valence-corrected chi connectivity index (χ3v) is 2.35. The number of rotatable bonds is 5. The van der Waals surface area contributed by atoms with Crippen LogP contribution in [0.4, 0.5) is 5.69 Å². The zero-order valence-corrected chi connectivity index (χ0v) is 11.1. The van der Waals surface area contributed by atoms with Crippen LogP contribution in [0.25, 0.3) is 0 Å². The fourth-order valence-electron chi connectivity index (χ4n) is 1.55. The second-order valence-corrected chi connectivity index (χ2v) is 4.12. The molecule has 0 aliphatic rings. The minimum absolute atomic E-state index is 0.115. The van der Waals surface area contributed by atoms with Crippen LogP contribution in [0.15, 0.2) is 12.1 Å². The van der Waals surface area contributed by atoms with Gasteiger partial charge in [0.1, 0.15) is 0 Å². The van der Waals surface area contributed by atoms with E-state index >= 15 is 0 Å². The second-order valence-electron chi connectivity index (χ2n) is 4.12. The maximum atomic E-state index is 11.6. The average molecular weight is 253 g/mol. The van der Waals surface area contributed by atoms with Crippen molar-refractivity contribution in [2.75, 3.05) is 20.0 Å². The lowest BCUT2D eigenvalue weighted by Gasteiger charge is -2.13. The maximum absolute atomic E-state index is 11.6. The molecule has 0 unspecified atom stereocenters. The Bertz CT molecular complexity index is 429. The van der Waals surface area contributed by atoms with Gasteiger partial charge in [-0.1, -0.05) is 0 Å².